The minimum atomic E-state index is -0.577. The average molecular weight is 288 g/mol. The second-order valence-corrected chi connectivity index (χ2v) is 4.18. The fourth-order valence-corrected chi connectivity index (χ4v) is 1.69. The third-order valence-electron chi connectivity index (χ3n) is 2.77. The maximum Gasteiger partial charge on any atom is 0.342 e. The van der Waals surface area contributed by atoms with E-state index in [0.29, 0.717) is 5.75 Å². The molecular weight excluding hydrogens is 272 g/mol. The maximum atomic E-state index is 11.7. The summed E-state index contributed by atoms with van der Waals surface area (Å²) in [4.78, 5) is 11.7. The molecule has 0 aliphatic carbocycles. The number of carbonyl (C=O) groups excluding carboxylic acids is 1. The molecule has 2 rings (SSSR count). The van der Waals surface area contributed by atoms with Crippen molar-refractivity contribution in [2.24, 2.45) is 0 Å². The fourth-order valence-electron chi connectivity index (χ4n) is 1.69. The Bertz CT molecular complexity index is 592. The highest BCUT2D eigenvalue weighted by atomic mass is 16.6. The molecule has 0 heterocycles. The lowest BCUT2D eigenvalue weighted by Crippen LogP contribution is -2.12. The Morgan fingerprint density at radius 3 is 2.33 bits per heavy atom. The highest BCUT2D eigenvalue weighted by Crippen LogP contribution is 2.18. The van der Waals surface area contributed by atoms with E-state index in [-0.39, 0.29) is 24.5 Å². The molecule has 2 aromatic rings. The van der Waals surface area contributed by atoms with Gasteiger partial charge < -0.3 is 19.3 Å². The number of methoxy groups -OCH3 is 1. The largest absolute Gasteiger partial charge is 0.507 e. The Balaban J connectivity index is 1.76. The maximum absolute atomic E-state index is 11.7. The third-order valence-corrected chi connectivity index (χ3v) is 2.77. The molecule has 110 valence electrons. The number of carbonyl (C=O) groups is 1. The quantitative estimate of drug-likeness (QED) is 0.654. The molecule has 0 saturated heterocycles. The van der Waals surface area contributed by atoms with Crippen molar-refractivity contribution in [1.82, 2.24) is 0 Å². The van der Waals surface area contributed by atoms with E-state index in [2.05, 4.69) is 0 Å². The molecule has 5 heteroatoms. The van der Waals surface area contributed by atoms with Crippen molar-refractivity contribution in [2.75, 3.05) is 20.3 Å². The van der Waals surface area contributed by atoms with E-state index >= 15 is 0 Å². The highest BCUT2D eigenvalue weighted by Gasteiger charge is 2.11. The number of hydrogen-bond donors (Lipinski definition) is 1. The molecule has 0 atom stereocenters. The molecule has 5 nitrogen and oxygen atoms in total. The SMILES string of the molecule is COc1ccc(OCCOC(=O)c2ccccc2O)cc1. The number of aromatic hydroxyl groups is 1. The van der Waals surface area contributed by atoms with Crippen molar-refractivity contribution in [3.8, 4) is 17.2 Å². The van der Waals surface area contributed by atoms with Crippen LogP contribution in [0.4, 0.5) is 0 Å². The standard InChI is InChI=1S/C16H16O5/c1-19-12-6-8-13(9-7-12)20-10-11-21-16(18)14-4-2-3-5-15(14)17/h2-9,17H,10-11H2,1H3. The van der Waals surface area contributed by atoms with Gasteiger partial charge in [0.05, 0.1) is 7.11 Å². The van der Waals surface area contributed by atoms with Gasteiger partial charge in [-0.1, -0.05) is 12.1 Å². The van der Waals surface area contributed by atoms with E-state index < -0.39 is 5.97 Å². The van der Waals surface area contributed by atoms with Gasteiger partial charge in [-0.15, -0.1) is 0 Å². The number of ether oxygens (including phenoxy) is 3. The Morgan fingerprint density at radius 2 is 1.67 bits per heavy atom. The Labute approximate surface area is 122 Å². The first-order chi connectivity index (χ1) is 10.2. The number of para-hydroxylation sites is 1. The monoisotopic (exact) mass is 288 g/mol. The fraction of sp³-hybridized carbons (Fsp3) is 0.188. The van der Waals surface area contributed by atoms with Crippen molar-refractivity contribution >= 4 is 5.97 Å². The van der Waals surface area contributed by atoms with Crippen LogP contribution in [0.1, 0.15) is 10.4 Å². The van der Waals surface area contributed by atoms with E-state index in [1.165, 1.54) is 12.1 Å². The summed E-state index contributed by atoms with van der Waals surface area (Å²) in [5.74, 6) is 0.729. The summed E-state index contributed by atoms with van der Waals surface area (Å²) in [5, 5.41) is 9.52. The molecule has 0 bridgehead atoms. The molecule has 2 aromatic carbocycles. The summed E-state index contributed by atoms with van der Waals surface area (Å²) in [6.07, 6.45) is 0. The molecule has 0 saturated carbocycles. The van der Waals surface area contributed by atoms with Gasteiger partial charge >= 0.3 is 5.97 Å². The first-order valence-corrected chi connectivity index (χ1v) is 6.42. The van der Waals surface area contributed by atoms with Crippen molar-refractivity contribution in [1.29, 1.82) is 0 Å². The molecule has 1 N–H and O–H groups in total. The van der Waals surface area contributed by atoms with Crippen molar-refractivity contribution < 1.29 is 24.1 Å². The van der Waals surface area contributed by atoms with Crippen LogP contribution < -0.4 is 9.47 Å². The normalized spacial score (nSPS) is 9.95. The second-order valence-electron chi connectivity index (χ2n) is 4.18. The zero-order valence-electron chi connectivity index (χ0n) is 11.6. The Morgan fingerprint density at radius 1 is 1.00 bits per heavy atom. The van der Waals surface area contributed by atoms with Gasteiger partial charge in [0.2, 0.25) is 0 Å². The third kappa shape index (κ3) is 4.14. The van der Waals surface area contributed by atoms with Crippen molar-refractivity contribution in [3.63, 3.8) is 0 Å². The topological polar surface area (TPSA) is 65.0 Å². The van der Waals surface area contributed by atoms with Gasteiger partial charge in [0.25, 0.3) is 0 Å². The van der Waals surface area contributed by atoms with E-state index in [1.807, 2.05) is 0 Å². The Kier molecular flexibility index (Phi) is 5.04. The number of benzene rings is 2. The molecule has 0 unspecified atom stereocenters. The molecule has 0 aromatic heterocycles. The lowest BCUT2D eigenvalue weighted by molar-refractivity contribution is 0.0447. The van der Waals surface area contributed by atoms with E-state index in [9.17, 15) is 9.90 Å². The molecule has 0 aliphatic heterocycles. The summed E-state index contributed by atoms with van der Waals surface area (Å²) in [6.45, 7) is 0.324. The lowest BCUT2D eigenvalue weighted by Gasteiger charge is -2.08. The van der Waals surface area contributed by atoms with Crippen molar-refractivity contribution in [3.05, 3.63) is 54.1 Å². The molecule has 0 spiro atoms. The van der Waals surface area contributed by atoms with Crippen LogP contribution >= 0.6 is 0 Å². The molecular formula is C16H16O5. The number of phenols is 1. The minimum absolute atomic E-state index is 0.0964. The van der Waals surface area contributed by atoms with Gasteiger partial charge in [-0.05, 0) is 36.4 Å². The number of hydrogen-bond acceptors (Lipinski definition) is 5. The zero-order chi connectivity index (χ0) is 15.1. The predicted molar refractivity (Wildman–Crippen MR) is 76.9 cm³/mol. The summed E-state index contributed by atoms with van der Waals surface area (Å²) >= 11 is 0. The number of esters is 1. The summed E-state index contributed by atoms with van der Waals surface area (Å²) in [7, 11) is 1.59. The van der Waals surface area contributed by atoms with Crippen LogP contribution in [-0.2, 0) is 4.74 Å². The minimum Gasteiger partial charge on any atom is -0.507 e. The van der Waals surface area contributed by atoms with Gasteiger partial charge in [0, 0.05) is 0 Å². The van der Waals surface area contributed by atoms with E-state index in [0.717, 1.165) is 5.75 Å². The predicted octanol–water partition coefficient (Wildman–Crippen LogP) is 2.64. The van der Waals surface area contributed by atoms with E-state index in [1.54, 1.807) is 43.5 Å². The van der Waals surface area contributed by atoms with Crippen LogP contribution in [-0.4, -0.2) is 31.4 Å². The molecule has 0 fully saturated rings. The number of phenolic OH excluding ortho intramolecular Hbond substituents is 1. The van der Waals surface area contributed by atoms with Crippen LogP contribution in [0.2, 0.25) is 0 Å². The average Bonchev–Trinajstić information content (AvgIpc) is 2.52. The molecule has 21 heavy (non-hydrogen) atoms. The molecule has 0 aliphatic rings. The van der Waals surface area contributed by atoms with Crippen molar-refractivity contribution in [2.45, 2.75) is 0 Å². The van der Waals surface area contributed by atoms with Crippen LogP contribution in [0.5, 0.6) is 17.2 Å². The van der Waals surface area contributed by atoms with Crippen LogP contribution in [0.25, 0.3) is 0 Å². The van der Waals surface area contributed by atoms with Gasteiger partial charge in [-0.2, -0.15) is 0 Å². The van der Waals surface area contributed by atoms with Crippen LogP contribution in [0.3, 0.4) is 0 Å². The first-order valence-electron chi connectivity index (χ1n) is 6.42. The Hall–Kier alpha value is -2.69. The lowest BCUT2D eigenvalue weighted by atomic mass is 10.2. The van der Waals surface area contributed by atoms with Crippen LogP contribution in [0, 0.1) is 0 Å². The van der Waals surface area contributed by atoms with Gasteiger partial charge in [0.1, 0.15) is 36.0 Å². The van der Waals surface area contributed by atoms with E-state index in [4.69, 9.17) is 14.2 Å². The van der Waals surface area contributed by atoms with Gasteiger partial charge in [-0.3, -0.25) is 0 Å². The molecule has 0 radical (unpaired) electrons. The molecule has 0 amide bonds. The zero-order valence-corrected chi connectivity index (χ0v) is 11.6. The summed E-state index contributed by atoms with van der Waals surface area (Å²) in [6, 6.07) is 13.3. The summed E-state index contributed by atoms with van der Waals surface area (Å²) in [5.41, 5.74) is 0.141. The van der Waals surface area contributed by atoms with Gasteiger partial charge in [-0.25, -0.2) is 4.79 Å². The second kappa shape index (κ2) is 7.19. The van der Waals surface area contributed by atoms with Crippen LogP contribution in [0.15, 0.2) is 48.5 Å². The highest BCUT2D eigenvalue weighted by molar-refractivity contribution is 5.92. The summed E-state index contributed by atoms with van der Waals surface area (Å²) < 4.78 is 15.5. The smallest absolute Gasteiger partial charge is 0.342 e. The number of rotatable bonds is 6. The first kappa shape index (κ1) is 14.7. The van der Waals surface area contributed by atoms with Gasteiger partial charge in [0.15, 0.2) is 0 Å².